The molecule has 5 aromatic rings. The molecule has 0 aliphatic carbocycles. The van der Waals surface area contributed by atoms with Crippen LogP contribution in [0, 0.1) is 0 Å². The fourth-order valence-electron chi connectivity index (χ4n) is 3.88. The van der Waals surface area contributed by atoms with Gasteiger partial charge in [0, 0.05) is 18.4 Å². The van der Waals surface area contributed by atoms with Gasteiger partial charge in [-0.2, -0.15) is 0 Å². The van der Waals surface area contributed by atoms with Crippen LogP contribution in [-0.4, -0.2) is 7.05 Å². The Morgan fingerprint density at radius 1 is 0.500 bits per heavy atom. The van der Waals surface area contributed by atoms with Crippen molar-refractivity contribution in [3.63, 3.8) is 0 Å². The van der Waals surface area contributed by atoms with Crippen molar-refractivity contribution in [2.45, 2.75) is 0 Å². The van der Waals surface area contributed by atoms with Crippen LogP contribution in [0.1, 0.15) is 0 Å². The molecule has 0 aliphatic rings. The first-order chi connectivity index (χ1) is 13.8. The Balaban J connectivity index is 1.67. The molecule has 1 nitrogen and oxygen atoms in total. The van der Waals surface area contributed by atoms with Crippen LogP contribution in [0.15, 0.2) is 109 Å². The van der Waals surface area contributed by atoms with Crippen LogP contribution in [0.5, 0.6) is 0 Å². The summed E-state index contributed by atoms with van der Waals surface area (Å²) in [6.45, 7) is 0. The summed E-state index contributed by atoms with van der Waals surface area (Å²) in [5, 5.41) is 5.06. The van der Waals surface area contributed by atoms with E-state index in [4.69, 9.17) is 0 Å². The number of hydrogen-bond donors (Lipinski definition) is 0. The van der Waals surface area contributed by atoms with Gasteiger partial charge in [-0.1, -0.05) is 84.9 Å². The Morgan fingerprint density at radius 2 is 1.14 bits per heavy atom. The second-order valence-corrected chi connectivity index (χ2v) is 7.17. The van der Waals surface area contributed by atoms with Crippen LogP contribution in [0.3, 0.4) is 0 Å². The molecule has 0 aliphatic heterocycles. The van der Waals surface area contributed by atoms with Crippen LogP contribution in [0.4, 0.5) is 11.4 Å². The molecular formula is C27H21N. The standard InChI is InChI=1S/C27H21N/c1-28(24-16-15-20-9-5-6-12-22(20)17-24)25-18-23-13-7-8-14-26(23)27(19-25)21-10-3-2-4-11-21/h2-19H,1H3. The molecule has 1 heteroatoms. The summed E-state index contributed by atoms with van der Waals surface area (Å²) in [4.78, 5) is 2.27. The van der Waals surface area contributed by atoms with Crippen molar-refractivity contribution in [1.29, 1.82) is 0 Å². The van der Waals surface area contributed by atoms with Crippen molar-refractivity contribution in [3.8, 4) is 11.1 Å². The highest BCUT2D eigenvalue weighted by atomic mass is 15.1. The van der Waals surface area contributed by atoms with Crippen LogP contribution in [0.25, 0.3) is 32.7 Å². The number of rotatable bonds is 3. The van der Waals surface area contributed by atoms with E-state index in [1.165, 1.54) is 44.0 Å². The molecule has 0 radical (unpaired) electrons. The highest BCUT2D eigenvalue weighted by Gasteiger charge is 2.11. The Morgan fingerprint density at radius 3 is 1.96 bits per heavy atom. The Hall–Kier alpha value is -3.58. The number of hydrogen-bond acceptors (Lipinski definition) is 1. The van der Waals surface area contributed by atoms with Crippen LogP contribution >= 0.6 is 0 Å². The molecule has 0 aromatic heterocycles. The molecule has 0 bridgehead atoms. The topological polar surface area (TPSA) is 3.24 Å². The SMILES string of the molecule is CN(c1ccc2ccccc2c1)c1cc(-c2ccccc2)c2ccccc2c1. The van der Waals surface area contributed by atoms with Crippen LogP contribution in [0.2, 0.25) is 0 Å². The molecule has 0 fully saturated rings. The molecule has 0 amide bonds. The van der Waals surface area contributed by atoms with Gasteiger partial charge in [-0.15, -0.1) is 0 Å². The van der Waals surface area contributed by atoms with E-state index in [9.17, 15) is 0 Å². The molecule has 0 heterocycles. The predicted molar refractivity (Wildman–Crippen MR) is 121 cm³/mol. The maximum Gasteiger partial charge on any atom is 0.0420 e. The third kappa shape index (κ3) is 2.91. The van der Waals surface area contributed by atoms with Gasteiger partial charge in [0.05, 0.1) is 0 Å². The second-order valence-electron chi connectivity index (χ2n) is 7.17. The van der Waals surface area contributed by atoms with Gasteiger partial charge in [-0.25, -0.2) is 0 Å². The summed E-state index contributed by atoms with van der Waals surface area (Å²) < 4.78 is 0. The molecule has 0 spiro atoms. The number of benzene rings is 5. The molecule has 0 saturated heterocycles. The number of nitrogens with zero attached hydrogens (tertiary/aromatic N) is 1. The van der Waals surface area contributed by atoms with Crippen LogP contribution in [-0.2, 0) is 0 Å². The van der Waals surface area contributed by atoms with Gasteiger partial charge in [0.1, 0.15) is 0 Å². The minimum atomic E-state index is 1.19. The van der Waals surface area contributed by atoms with Crippen LogP contribution < -0.4 is 4.90 Å². The molecule has 5 aromatic carbocycles. The fourth-order valence-corrected chi connectivity index (χ4v) is 3.88. The van der Waals surface area contributed by atoms with E-state index in [2.05, 4.69) is 121 Å². The summed E-state index contributed by atoms with van der Waals surface area (Å²) in [5.74, 6) is 0. The third-order valence-corrected chi connectivity index (χ3v) is 5.44. The average Bonchev–Trinajstić information content (AvgIpc) is 2.78. The molecule has 0 unspecified atom stereocenters. The monoisotopic (exact) mass is 359 g/mol. The zero-order valence-corrected chi connectivity index (χ0v) is 15.8. The molecule has 0 atom stereocenters. The maximum atomic E-state index is 2.30. The van der Waals surface area contributed by atoms with Gasteiger partial charge in [0.15, 0.2) is 0 Å². The molecule has 134 valence electrons. The van der Waals surface area contributed by atoms with Gasteiger partial charge >= 0.3 is 0 Å². The van der Waals surface area contributed by atoms with Crippen molar-refractivity contribution >= 4 is 32.9 Å². The predicted octanol–water partition coefficient (Wildman–Crippen LogP) is 7.43. The first-order valence-electron chi connectivity index (χ1n) is 9.60. The normalized spacial score (nSPS) is 11.0. The fraction of sp³-hybridized carbons (Fsp3) is 0.0370. The lowest BCUT2D eigenvalue weighted by molar-refractivity contribution is 1.22. The maximum absolute atomic E-state index is 2.30. The molecular weight excluding hydrogens is 338 g/mol. The summed E-state index contributed by atoms with van der Waals surface area (Å²) in [6.07, 6.45) is 0. The summed E-state index contributed by atoms with van der Waals surface area (Å²) in [7, 11) is 2.14. The number of fused-ring (bicyclic) bond motifs is 2. The average molecular weight is 359 g/mol. The lowest BCUT2D eigenvalue weighted by Crippen LogP contribution is -2.09. The van der Waals surface area contributed by atoms with Crippen molar-refractivity contribution in [2.75, 3.05) is 11.9 Å². The van der Waals surface area contributed by atoms with Crippen molar-refractivity contribution in [2.24, 2.45) is 0 Å². The van der Waals surface area contributed by atoms with Gasteiger partial charge in [0.25, 0.3) is 0 Å². The van der Waals surface area contributed by atoms with E-state index < -0.39 is 0 Å². The van der Waals surface area contributed by atoms with Gasteiger partial charge in [-0.05, 0) is 56.9 Å². The van der Waals surface area contributed by atoms with E-state index in [0.717, 1.165) is 0 Å². The lowest BCUT2D eigenvalue weighted by atomic mass is 9.97. The molecule has 0 saturated carbocycles. The van der Waals surface area contributed by atoms with E-state index in [-0.39, 0.29) is 0 Å². The second kappa shape index (κ2) is 6.86. The van der Waals surface area contributed by atoms with Crippen molar-refractivity contribution in [3.05, 3.63) is 109 Å². The molecule has 28 heavy (non-hydrogen) atoms. The molecule has 5 rings (SSSR count). The minimum absolute atomic E-state index is 1.19. The highest BCUT2D eigenvalue weighted by molar-refractivity contribution is 6.00. The Bertz CT molecular complexity index is 1270. The zero-order chi connectivity index (χ0) is 18.9. The summed E-state index contributed by atoms with van der Waals surface area (Å²) in [6, 6.07) is 39.0. The van der Waals surface area contributed by atoms with E-state index in [0.29, 0.717) is 0 Å². The van der Waals surface area contributed by atoms with Gasteiger partial charge in [-0.3, -0.25) is 0 Å². The van der Waals surface area contributed by atoms with Crippen molar-refractivity contribution < 1.29 is 0 Å². The summed E-state index contributed by atoms with van der Waals surface area (Å²) >= 11 is 0. The van der Waals surface area contributed by atoms with Crippen molar-refractivity contribution in [1.82, 2.24) is 0 Å². The van der Waals surface area contributed by atoms with E-state index in [1.54, 1.807) is 0 Å². The minimum Gasteiger partial charge on any atom is -0.345 e. The largest absolute Gasteiger partial charge is 0.345 e. The van der Waals surface area contributed by atoms with E-state index in [1.807, 2.05) is 0 Å². The Kier molecular flexibility index (Phi) is 4.06. The number of anilines is 2. The smallest absolute Gasteiger partial charge is 0.0420 e. The zero-order valence-electron chi connectivity index (χ0n) is 15.8. The Labute approximate surface area is 165 Å². The first-order valence-corrected chi connectivity index (χ1v) is 9.60. The molecule has 0 N–H and O–H groups in total. The highest BCUT2D eigenvalue weighted by Crippen LogP contribution is 2.36. The summed E-state index contributed by atoms with van der Waals surface area (Å²) in [5.41, 5.74) is 4.88. The third-order valence-electron chi connectivity index (χ3n) is 5.44. The lowest BCUT2D eigenvalue weighted by Gasteiger charge is -2.22. The quantitative estimate of drug-likeness (QED) is 0.324. The van der Waals surface area contributed by atoms with Gasteiger partial charge < -0.3 is 4.90 Å². The van der Waals surface area contributed by atoms with Gasteiger partial charge in [0.2, 0.25) is 0 Å². The first kappa shape index (κ1) is 16.6. The van der Waals surface area contributed by atoms with E-state index >= 15 is 0 Å².